The molecule has 0 spiro atoms. The quantitative estimate of drug-likeness (QED) is 0.582. The van der Waals surface area contributed by atoms with Gasteiger partial charge < -0.3 is 4.74 Å². The summed E-state index contributed by atoms with van der Waals surface area (Å²) in [6.07, 6.45) is 2.99. The zero-order valence-electron chi connectivity index (χ0n) is 16.1. The minimum Gasteiger partial charge on any atom is -0.494 e. The predicted octanol–water partition coefficient (Wildman–Crippen LogP) is 5.40. The number of carbonyl (C=O) groups is 1. The Balaban J connectivity index is 1.83. The molecule has 144 valence electrons. The Labute approximate surface area is 170 Å². The molecule has 28 heavy (non-hydrogen) atoms. The van der Waals surface area contributed by atoms with Crippen molar-refractivity contribution in [3.8, 4) is 11.4 Å². The molecule has 1 aliphatic carbocycles. The van der Waals surface area contributed by atoms with E-state index in [1.165, 1.54) is 5.56 Å². The topological polar surface area (TPSA) is 44.1 Å². The molecular weight excluding hydrogens is 372 g/mol. The zero-order chi connectivity index (χ0) is 19.7. The molecule has 4 nitrogen and oxygen atoms in total. The summed E-state index contributed by atoms with van der Waals surface area (Å²) < 4.78 is 7.40. The van der Waals surface area contributed by atoms with Gasteiger partial charge in [-0.1, -0.05) is 55.3 Å². The Morgan fingerprint density at radius 2 is 1.96 bits per heavy atom. The van der Waals surface area contributed by atoms with Crippen molar-refractivity contribution in [2.45, 2.75) is 38.5 Å². The molecular formula is C23H23ClN2O2. The van der Waals surface area contributed by atoms with Crippen molar-refractivity contribution >= 4 is 17.4 Å². The van der Waals surface area contributed by atoms with E-state index in [0.717, 1.165) is 41.9 Å². The molecule has 0 saturated heterocycles. The molecule has 0 radical (unpaired) electrons. The van der Waals surface area contributed by atoms with E-state index < -0.39 is 0 Å². The van der Waals surface area contributed by atoms with Crippen molar-refractivity contribution in [3.05, 3.63) is 76.1 Å². The van der Waals surface area contributed by atoms with Gasteiger partial charge in [0.1, 0.15) is 11.4 Å². The number of Topliss-reactive ketones (excluding diaryl/α,β-unsaturated/α-hetero) is 1. The number of halogens is 1. The van der Waals surface area contributed by atoms with Crippen LogP contribution in [0.3, 0.4) is 0 Å². The first-order valence-corrected chi connectivity index (χ1v) is 10.0. The molecule has 2 aromatic carbocycles. The average molecular weight is 395 g/mol. The van der Waals surface area contributed by atoms with Gasteiger partial charge in [-0.15, -0.1) is 0 Å². The highest BCUT2D eigenvalue weighted by atomic mass is 35.5. The van der Waals surface area contributed by atoms with E-state index in [4.69, 9.17) is 21.4 Å². The number of carbonyl (C=O) groups excluding carboxylic acids is 1. The van der Waals surface area contributed by atoms with Crippen LogP contribution in [0.1, 0.15) is 53.0 Å². The van der Waals surface area contributed by atoms with E-state index in [9.17, 15) is 4.79 Å². The summed E-state index contributed by atoms with van der Waals surface area (Å²) in [5.41, 5.74) is 4.58. The molecule has 1 atom stereocenters. The second kappa shape index (κ2) is 7.80. The molecule has 0 amide bonds. The van der Waals surface area contributed by atoms with Crippen molar-refractivity contribution in [3.63, 3.8) is 0 Å². The lowest BCUT2D eigenvalue weighted by Crippen LogP contribution is -2.19. The van der Waals surface area contributed by atoms with Crippen LogP contribution < -0.4 is 4.74 Å². The standard InChI is InChI=1S/C23H23ClN2O2/c1-3-7-19-23-18(12-16(13-21(23)27)15-8-5-4-6-9-15)25-26(19)20-14-17(24)10-11-22(20)28-2/h4-6,8-11,14,16H,3,7,12-13H2,1-2H3. The van der Waals surface area contributed by atoms with Crippen LogP contribution >= 0.6 is 11.6 Å². The minimum absolute atomic E-state index is 0.167. The summed E-state index contributed by atoms with van der Waals surface area (Å²) in [6, 6.07) is 15.7. The smallest absolute Gasteiger partial charge is 0.167 e. The largest absolute Gasteiger partial charge is 0.494 e. The fourth-order valence-electron chi connectivity index (χ4n) is 4.06. The molecule has 3 aromatic rings. The van der Waals surface area contributed by atoms with Gasteiger partial charge in [0, 0.05) is 11.4 Å². The number of hydrogen-bond donors (Lipinski definition) is 0. The average Bonchev–Trinajstić information content (AvgIpc) is 3.07. The van der Waals surface area contributed by atoms with Gasteiger partial charge in [0.2, 0.25) is 0 Å². The molecule has 0 N–H and O–H groups in total. The fourth-order valence-corrected chi connectivity index (χ4v) is 4.22. The summed E-state index contributed by atoms with van der Waals surface area (Å²) in [7, 11) is 1.63. The summed E-state index contributed by atoms with van der Waals surface area (Å²) >= 11 is 6.25. The molecule has 5 heteroatoms. The van der Waals surface area contributed by atoms with Gasteiger partial charge in [-0.2, -0.15) is 5.10 Å². The zero-order valence-corrected chi connectivity index (χ0v) is 16.9. The van der Waals surface area contributed by atoms with Gasteiger partial charge in [-0.25, -0.2) is 4.68 Å². The third-order valence-corrected chi connectivity index (χ3v) is 5.57. The SMILES string of the molecule is CCCc1c2c(nn1-c1cc(Cl)ccc1OC)CC(c1ccccc1)CC2=O. The Hall–Kier alpha value is -2.59. The van der Waals surface area contributed by atoms with Gasteiger partial charge in [0.05, 0.1) is 24.1 Å². The summed E-state index contributed by atoms with van der Waals surface area (Å²) in [6.45, 7) is 2.11. The number of fused-ring (bicyclic) bond motifs is 1. The van der Waals surface area contributed by atoms with E-state index in [0.29, 0.717) is 17.2 Å². The highest BCUT2D eigenvalue weighted by molar-refractivity contribution is 6.30. The van der Waals surface area contributed by atoms with Crippen molar-refractivity contribution in [2.24, 2.45) is 0 Å². The maximum Gasteiger partial charge on any atom is 0.167 e. The number of nitrogens with zero attached hydrogens (tertiary/aromatic N) is 2. The summed E-state index contributed by atoms with van der Waals surface area (Å²) in [4.78, 5) is 13.1. The lowest BCUT2D eigenvalue weighted by atomic mass is 9.81. The number of benzene rings is 2. The summed E-state index contributed by atoms with van der Waals surface area (Å²) in [5, 5.41) is 5.48. The maximum absolute atomic E-state index is 13.1. The Bertz CT molecular complexity index is 1010. The van der Waals surface area contributed by atoms with Crippen LogP contribution in [-0.4, -0.2) is 22.7 Å². The van der Waals surface area contributed by atoms with Gasteiger partial charge in [-0.3, -0.25) is 4.79 Å². The van der Waals surface area contributed by atoms with E-state index in [2.05, 4.69) is 19.1 Å². The van der Waals surface area contributed by atoms with Gasteiger partial charge in [0.25, 0.3) is 0 Å². The third kappa shape index (κ3) is 3.33. The Morgan fingerprint density at radius 1 is 1.18 bits per heavy atom. The van der Waals surface area contributed by atoms with E-state index >= 15 is 0 Å². The predicted molar refractivity (Wildman–Crippen MR) is 111 cm³/mol. The first-order chi connectivity index (χ1) is 13.6. The second-order valence-corrected chi connectivity index (χ2v) is 7.62. The molecule has 0 bridgehead atoms. The van der Waals surface area contributed by atoms with E-state index in [1.807, 2.05) is 35.0 Å². The first-order valence-electron chi connectivity index (χ1n) is 9.65. The van der Waals surface area contributed by atoms with E-state index in [1.54, 1.807) is 13.2 Å². The fraction of sp³-hybridized carbons (Fsp3) is 0.304. The van der Waals surface area contributed by atoms with Crippen LogP contribution in [0.2, 0.25) is 5.02 Å². The van der Waals surface area contributed by atoms with Crippen LogP contribution in [0, 0.1) is 0 Å². The van der Waals surface area contributed by atoms with Crippen molar-refractivity contribution in [1.29, 1.82) is 0 Å². The number of hydrogen-bond acceptors (Lipinski definition) is 3. The molecule has 1 aliphatic rings. The molecule has 1 heterocycles. The number of methoxy groups -OCH3 is 1. The van der Waals surface area contributed by atoms with Crippen LogP contribution in [-0.2, 0) is 12.8 Å². The minimum atomic E-state index is 0.167. The molecule has 0 fully saturated rings. The number of ether oxygens (including phenoxy) is 1. The van der Waals surface area contributed by atoms with Crippen LogP contribution in [0.15, 0.2) is 48.5 Å². The van der Waals surface area contributed by atoms with Crippen LogP contribution in [0.25, 0.3) is 5.69 Å². The number of ketones is 1. The third-order valence-electron chi connectivity index (χ3n) is 5.33. The molecule has 1 unspecified atom stereocenters. The first kappa shape index (κ1) is 18.8. The summed E-state index contributed by atoms with van der Waals surface area (Å²) in [5.74, 6) is 1.03. The van der Waals surface area contributed by atoms with Gasteiger partial charge in [-0.05, 0) is 42.5 Å². The van der Waals surface area contributed by atoms with Gasteiger partial charge >= 0.3 is 0 Å². The number of rotatable bonds is 5. The normalized spacial score (nSPS) is 16.1. The molecule has 1 aromatic heterocycles. The van der Waals surface area contributed by atoms with Crippen molar-refractivity contribution < 1.29 is 9.53 Å². The van der Waals surface area contributed by atoms with Crippen molar-refractivity contribution in [2.75, 3.05) is 7.11 Å². The van der Waals surface area contributed by atoms with Gasteiger partial charge in [0.15, 0.2) is 5.78 Å². The lowest BCUT2D eigenvalue weighted by Gasteiger charge is -2.21. The Kier molecular flexibility index (Phi) is 5.23. The second-order valence-electron chi connectivity index (χ2n) is 7.19. The maximum atomic E-state index is 13.1. The monoisotopic (exact) mass is 394 g/mol. The van der Waals surface area contributed by atoms with Crippen molar-refractivity contribution in [1.82, 2.24) is 9.78 Å². The van der Waals surface area contributed by atoms with E-state index in [-0.39, 0.29) is 11.7 Å². The van der Waals surface area contributed by atoms with Crippen LogP contribution in [0.5, 0.6) is 5.75 Å². The molecule has 4 rings (SSSR count). The highest BCUT2D eigenvalue weighted by Crippen LogP contribution is 2.36. The number of aromatic nitrogens is 2. The molecule has 0 aliphatic heterocycles. The highest BCUT2D eigenvalue weighted by Gasteiger charge is 2.33. The lowest BCUT2D eigenvalue weighted by molar-refractivity contribution is 0.0963. The molecule has 0 saturated carbocycles. The van der Waals surface area contributed by atoms with Crippen LogP contribution in [0.4, 0.5) is 0 Å². The Morgan fingerprint density at radius 3 is 2.68 bits per heavy atom.